The van der Waals surface area contributed by atoms with Crippen molar-refractivity contribution < 1.29 is 9.68 Å². The number of rotatable bonds is 2. The Morgan fingerprint density at radius 2 is 2.22 bits per heavy atom. The molecule has 90 valence electrons. The van der Waals surface area contributed by atoms with Crippen LogP contribution in [0.5, 0.6) is 0 Å². The van der Waals surface area contributed by atoms with Crippen LogP contribution in [0, 0.1) is 0 Å². The van der Waals surface area contributed by atoms with Crippen LogP contribution in [0.2, 0.25) is 0 Å². The van der Waals surface area contributed by atoms with Gasteiger partial charge in [0.2, 0.25) is 0 Å². The average Bonchev–Trinajstić information content (AvgIpc) is 2.80. The molecule has 0 bridgehead atoms. The number of aromatic nitrogens is 1. The molecular weight excluding hydrogens is 227 g/mol. The van der Waals surface area contributed by atoms with Crippen LogP contribution in [0.25, 0.3) is 0 Å². The number of anilines is 2. The Labute approximate surface area is 106 Å². The first-order chi connectivity index (χ1) is 8.75. The van der Waals surface area contributed by atoms with Crippen molar-refractivity contribution in [3.05, 3.63) is 48.2 Å². The van der Waals surface area contributed by atoms with Crippen LogP contribution in [-0.2, 0) is 11.3 Å². The zero-order chi connectivity index (χ0) is 12.5. The van der Waals surface area contributed by atoms with Crippen LogP contribution in [0.3, 0.4) is 0 Å². The van der Waals surface area contributed by atoms with Crippen LogP contribution in [0.1, 0.15) is 5.56 Å². The highest BCUT2D eigenvalue weighted by molar-refractivity contribution is 6.61. The maximum Gasteiger partial charge on any atom is 0.491 e. The third-order valence-corrected chi connectivity index (χ3v) is 3.17. The molecule has 1 aromatic carbocycles. The van der Waals surface area contributed by atoms with Gasteiger partial charge in [-0.2, -0.15) is 0 Å². The molecule has 18 heavy (non-hydrogen) atoms. The van der Waals surface area contributed by atoms with Gasteiger partial charge in [-0.05, 0) is 35.3 Å². The van der Waals surface area contributed by atoms with Gasteiger partial charge in [0.15, 0.2) is 0 Å². The third kappa shape index (κ3) is 1.87. The van der Waals surface area contributed by atoms with Gasteiger partial charge in [0.1, 0.15) is 5.82 Å². The number of benzene rings is 1. The summed E-state index contributed by atoms with van der Waals surface area (Å²) in [6.45, 7) is 0.459. The third-order valence-electron chi connectivity index (χ3n) is 3.17. The molecule has 1 aliphatic rings. The summed E-state index contributed by atoms with van der Waals surface area (Å²) in [5.41, 5.74) is 2.92. The standard InChI is InChI=1S/C13H13BN2O2/c1-16(13-4-2-3-7-15-13)11-5-6-12-10(8-11)9-18-14(12)17/h2-8,17H,9H2,1H3. The van der Waals surface area contributed by atoms with Gasteiger partial charge in [0, 0.05) is 18.9 Å². The summed E-state index contributed by atoms with van der Waals surface area (Å²) in [7, 11) is 1.19. The highest BCUT2D eigenvalue weighted by Crippen LogP contribution is 2.23. The SMILES string of the molecule is CN(c1ccc2c(c1)COB2O)c1ccccn1. The van der Waals surface area contributed by atoms with Crippen molar-refractivity contribution in [3.63, 3.8) is 0 Å². The molecule has 0 amide bonds. The Kier molecular flexibility index (Phi) is 2.78. The molecule has 0 fully saturated rings. The summed E-state index contributed by atoms with van der Waals surface area (Å²) < 4.78 is 5.19. The van der Waals surface area contributed by atoms with E-state index in [2.05, 4.69) is 4.98 Å². The minimum atomic E-state index is -0.783. The lowest BCUT2D eigenvalue weighted by Gasteiger charge is -2.18. The normalized spacial score (nSPS) is 13.6. The van der Waals surface area contributed by atoms with E-state index in [-0.39, 0.29) is 0 Å². The maximum absolute atomic E-state index is 9.58. The molecule has 0 radical (unpaired) electrons. The quantitative estimate of drug-likeness (QED) is 0.797. The fourth-order valence-electron chi connectivity index (χ4n) is 2.11. The predicted molar refractivity (Wildman–Crippen MR) is 71.1 cm³/mol. The minimum absolute atomic E-state index is 0.459. The molecule has 2 aromatic rings. The Bertz CT molecular complexity index is 562. The molecule has 1 aliphatic heterocycles. The van der Waals surface area contributed by atoms with Crippen molar-refractivity contribution >= 4 is 24.1 Å². The van der Waals surface area contributed by atoms with E-state index < -0.39 is 7.12 Å². The van der Waals surface area contributed by atoms with Crippen LogP contribution in [-0.4, -0.2) is 24.2 Å². The molecule has 0 atom stereocenters. The van der Waals surface area contributed by atoms with E-state index in [1.165, 1.54) is 0 Å². The Morgan fingerprint density at radius 3 is 3.00 bits per heavy atom. The van der Waals surface area contributed by atoms with E-state index in [0.29, 0.717) is 6.61 Å². The molecule has 5 heteroatoms. The second-order valence-electron chi connectivity index (χ2n) is 4.29. The zero-order valence-electron chi connectivity index (χ0n) is 10.1. The molecule has 0 saturated heterocycles. The number of pyridine rings is 1. The molecule has 3 rings (SSSR count). The van der Waals surface area contributed by atoms with Crippen molar-refractivity contribution in [2.75, 3.05) is 11.9 Å². The van der Waals surface area contributed by atoms with Crippen LogP contribution in [0.4, 0.5) is 11.5 Å². The highest BCUT2D eigenvalue weighted by Gasteiger charge is 2.27. The van der Waals surface area contributed by atoms with Crippen molar-refractivity contribution in [2.45, 2.75) is 6.61 Å². The molecule has 0 spiro atoms. The topological polar surface area (TPSA) is 45.6 Å². The molecule has 0 saturated carbocycles. The van der Waals surface area contributed by atoms with Crippen molar-refractivity contribution in [3.8, 4) is 0 Å². The van der Waals surface area contributed by atoms with Gasteiger partial charge in [0.05, 0.1) is 6.61 Å². The van der Waals surface area contributed by atoms with Crippen LogP contribution < -0.4 is 10.4 Å². The van der Waals surface area contributed by atoms with Crippen LogP contribution in [0.15, 0.2) is 42.6 Å². The smallest absolute Gasteiger partial charge is 0.423 e. The molecule has 1 aromatic heterocycles. The zero-order valence-corrected chi connectivity index (χ0v) is 10.1. The van der Waals surface area contributed by atoms with Crippen LogP contribution >= 0.6 is 0 Å². The van der Waals surface area contributed by atoms with E-state index in [9.17, 15) is 5.02 Å². The van der Waals surface area contributed by atoms with Gasteiger partial charge in [0.25, 0.3) is 0 Å². The van der Waals surface area contributed by atoms with Crippen molar-refractivity contribution in [2.24, 2.45) is 0 Å². The molecule has 0 aliphatic carbocycles. The maximum atomic E-state index is 9.58. The van der Waals surface area contributed by atoms with E-state index in [0.717, 1.165) is 22.5 Å². The number of nitrogens with zero attached hydrogens (tertiary/aromatic N) is 2. The van der Waals surface area contributed by atoms with E-state index in [1.54, 1.807) is 6.20 Å². The first kappa shape index (κ1) is 11.3. The molecule has 2 heterocycles. The number of hydrogen-bond donors (Lipinski definition) is 1. The van der Waals surface area contributed by atoms with E-state index >= 15 is 0 Å². The lowest BCUT2D eigenvalue weighted by atomic mass is 9.79. The summed E-state index contributed by atoms with van der Waals surface area (Å²) in [6, 6.07) is 11.7. The van der Waals surface area contributed by atoms with Gasteiger partial charge in [-0.15, -0.1) is 0 Å². The summed E-state index contributed by atoms with van der Waals surface area (Å²) in [5.74, 6) is 0.886. The number of hydrogen-bond acceptors (Lipinski definition) is 4. The average molecular weight is 240 g/mol. The second kappa shape index (κ2) is 4.44. The van der Waals surface area contributed by atoms with E-state index in [1.807, 2.05) is 48.3 Å². The largest absolute Gasteiger partial charge is 0.491 e. The second-order valence-corrected chi connectivity index (χ2v) is 4.29. The summed E-state index contributed by atoms with van der Waals surface area (Å²) >= 11 is 0. The lowest BCUT2D eigenvalue weighted by molar-refractivity contribution is 0.275. The first-order valence-electron chi connectivity index (χ1n) is 5.83. The summed E-state index contributed by atoms with van der Waals surface area (Å²) in [5, 5.41) is 9.58. The monoisotopic (exact) mass is 240 g/mol. The molecular formula is C13H13BN2O2. The number of fused-ring (bicyclic) bond motifs is 1. The molecule has 4 nitrogen and oxygen atoms in total. The molecule has 0 unspecified atom stereocenters. The highest BCUT2D eigenvalue weighted by atomic mass is 16.5. The fourth-order valence-corrected chi connectivity index (χ4v) is 2.11. The van der Waals surface area contributed by atoms with Crippen molar-refractivity contribution in [1.82, 2.24) is 4.98 Å². The minimum Gasteiger partial charge on any atom is -0.423 e. The lowest BCUT2D eigenvalue weighted by Crippen LogP contribution is -2.28. The van der Waals surface area contributed by atoms with Gasteiger partial charge in [-0.3, -0.25) is 0 Å². The summed E-state index contributed by atoms with van der Waals surface area (Å²) in [4.78, 5) is 6.31. The van der Waals surface area contributed by atoms with Gasteiger partial charge in [-0.25, -0.2) is 4.98 Å². The Morgan fingerprint density at radius 1 is 1.33 bits per heavy atom. The van der Waals surface area contributed by atoms with Gasteiger partial charge in [-0.1, -0.05) is 12.1 Å². The fraction of sp³-hybridized carbons (Fsp3) is 0.154. The Hall–Kier alpha value is -1.85. The summed E-state index contributed by atoms with van der Waals surface area (Å²) in [6.07, 6.45) is 1.77. The van der Waals surface area contributed by atoms with Gasteiger partial charge < -0.3 is 14.6 Å². The first-order valence-corrected chi connectivity index (χ1v) is 5.83. The molecule has 1 N–H and O–H groups in total. The van der Waals surface area contributed by atoms with Crippen molar-refractivity contribution in [1.29, 1.82) is 0 Å². The Balaban J connectivity index is 1.94. The van der Waals surface area contributed by atoms with E-state index in [4.69, 9.17) is 4.65 Å². The van der Waals surface area contributed by atoms with Gasteiger partial charge >= 0.3 is 7.12 Å². The predicted octanol–water partition coefficient (Wildman–Crippen LogP) is 1.07.